The largest absolute Gasteiger partial charge is 0.388 e. The molecule has 1 aromatic heterocycles. The highest BCUT2D eigenvalue weighted by molar-refractivity contribution is 5.15. The number of hydrogen-bond acceptors (Lipinski definition) is 2. The smallest absolute Gasteiger partial charge is 0.147 e. The Labute approximate surface area is 90.2 Å². The van der Waals surface area contributed by atoms with Gasteiger partial charge < -0.3 is 5.11 Å². The second-order valence-electron chi connectivity index (χ2n) is 3.83. The lowest BCUT2D eigenvalue weighted by Gasteiger charge is -2.17. The quantitative estimate of drug-likeness (QED) is 0.811. The molecule has 1 rings (SSSR count). The Morgan fingerprint density at radius 2 is 2.07 bits per heavy atom. The summed E-state index contributed by atoms with van der Waals surface area (Å²) in [6.07, 6.45) is 4.59. The molecule has 0 aromatic carbocycles. The van der Waals surface area contributed by atoms with Crippen molar-refractivity contribution in [3.63, 3.8) is 0 Å². The Bertz CT molecular complexity index is 299. The second-order valence-corrected chi connectivity index (χ2v) is 3.83. The number of rotatable bonds is 5. The van der Waals surface area contributed by atoms with Gasteiger partial charge in [-0.25, -0.2) is 4.39 Å². The van der Waals surface area contributed by atoms with Crippen molar-refractivity contribution in [1.29, 1.82) is 0 Å². The summed E-state index contributed by atoms with van der Waals surface area (Å²) in [7, 11) is 0. The molecule has 1 N–H and O–H groups in total. The fourth-order valence-corrected chi connectivity index (χ4v) is 1.72. The van der Waals surface area contributed by atoms with Gasteiger partial charge in [-0.15, -0.1) is 0 Å². The molecule has 0 aliphatic rings. The van der Waals surface area contributed by atoms with E-state index in [0.29, 0.717) is 17.9 Å². The zero-order valence-corrected chi connectivity index (χ0v) is 9.28. The molecule has 1 atom stereocenters. The molecule has 0 saturated heterocycles. The molecule has 0 radical (unpaired) electrons. The summed E-state index contributed by atoms with van der Waals surface area (Å²) in [6.45, 7) is 4.17. The Kier molecular flexibility index (Phi) is 4.69. The number of hydrogen-bond donors (Lipinski definition) is 1. The van der Waals surface area contributed by atoms with Crippen LogP contribution >= 0.6 is 0 Å². The van der Waals surface area contributed by atoms with Crippen LogP contribution in [0.1, 0.15) is 44.8 Å². The lowest BCUT2D eigenvalue weighted by atomic mass is 9.93. The minimum atomic E-state index is -0.710. The summed E-state index contributed by atoms with van der Waals surface area (Å²) in [6, 6.07) is 1.54. The summed E-state index contributed by atoms with van der Waals surface area (Å²) >= 11 is 0. The van der Waals surface area contributed by atoms with Gasteiger partial charge in [0.25, 0.3) is 0 Å². The molecule has 84 valence electrons. The van der Waals surface area contributed by atoms with E-state index < -0.39 is 11.9 Å². The van der Waals surface area contributed by atoms with E-state index in [0.717, 1.165) is 19.0 Å². The van der Waals surface area contributed by atoms with Crippen LogP contribution in [0.4, 0.5) is 4.39 Å². The minimum Gasteiger partial charge on any atom is -0.388 e. The predicted octanol–water partition coefficient (Wildman–Crippen LogP) is 3.08. The third kappa shape index (κ3) is 3.27. The maximum Gasteiger partial charge on any atom is 0.147 e. The van der Waals surface area contributed by atoms with E-state index in [2.05, 4.69) is 18.8 Å². The van der Waals surface area contributed by atoms with Gasteiger partial charge in [0.15, 0.2) is 0 Å². The molecule has 0 bridgehead atoms. The second kappa shape index (κ2) is 5.81. The van der Waals surface area contributed by atoms with Crippen LogP contribution in [0.5, 0.6) is 0 Å². The molecule has 0 aliphatic heterocycles. The van der Waals surface area contributed by atoms with E-state index in [1.54, 1.807) is 6.07 Å². The molecule has 0 fully saturated rings. The van der Waals surface area contributed by atoms with Gasteiger partial charge in [0.1, 0.15) is 5.82 Å². The predicted molar refractivity (Wildman–Crippen MR) is 57.8 cm³/mol. The van der Waals surface area contributed by atoms with Crippen molar-refractivity contribution in [1.82, 2.24) is 4.98 Å². The highest BCUT2D eigenvalue weighted by atomic mass is 19.1. The van der Waals surface area contributed by atoms with Crippen LogP contribution < -0.4 is 0 Å². The van der Waals surface area contributed by atoms with Crippen molar-refractivity contribution in [3.05, 3.63) is 29.8 Å². The van der Waals surface area contributed by atoms with Crippen LogP contribution in [0.25, 0.3) is 0 Å². The molecule has 1 unspecified atom stereocenters. The van der Waals surface area contributed by atoms with Crippen LogP contribution in [0.3, 0.4) is 0 Å². The molecule has 1 aromatic rings. The summed E-state index contributed by atoms with van der Waals surface area (Å²) in [5.74, 6) is 0.0310. The van der Waals surface area contributed by atoms with Gasteiger partial charge in [-0.05, 0) is 18.4 Å². The van der Waals surface area contributed by atoms with Gasteiger partial charge >= 0.3 is 0 Å². The SMILES string of the molecule is CCC(CC)CC(O)c1ccncc1F. The Hall–Kier alpha value is -0.960. The number of aliphatic hydroxyl groups is 1. The summed E-state index contributed by atoms with van der Waals surface area (Å²) in [5.41, 5.74) is 0.358. The minimum absolute atomic E-state index is 0.358. The molecule has 0 saturated carbocycles. The average Bonchev–Trinajstić information content (AvgIpc) is 2.26. The summed E-state index contributed by atoms with van der Waals surface area (Å²) in [4.78, 5) is 3.66. The number of aliphatic hydroxyl groups excluding tert-OH is 1. The topological polar surface area (TPSA) is 33.1 Å². The van der Waals surface area contributed by atoms with Crippen LogP contribution in [-0.2, 0) is 0 Å². The first-order valence-corrected chi connectivity index (χ1v) is 5.46. The van der Waals surface area contributed by atoms with Gasteiger partial charge in [0, 0.05) is 11.8 Å². The van der Waals surface area contributed by atoms with Gasteiger partial charge in [0.05, 0.1) is 12.3 Å². The first kappa shape index (κ1) is 12.1. The average molecular weight is 211 g/mol. The first-order valence-electron chi connectivity index (χ1n) is 5.46. The molecule has 0 spiro atoms. The first-order chi connectivity index (χ1) is 7.19. The van der Waals surface area contributed by atoms with E-state index in [9.17, 15) is 9.50 Å². The number of aromatic nitrogens is 1. The monoisotopic (exact) mass is 211 g/mol. The van der Waals surface area contributed by atoms with E-state index >= 15 is 0 Å². The zero-order chi connectivity index (χ0) is 11.3. The van der Waals surface area contributed by atoms with E-state index in [1.165, 1.54) is 6.20 Å². The van der Waals surface area contributed by atoms with Gasteiger partial charge in [0.2, 0.25) is 0 Å². The Morgan fingerprint density at radius 1 is 1.40 bits per heavy atom. The third-order valence-corrected chi connectivity index (χ3v) is 2.87. The third-order valence-electron chi connectivity index (χ3n) is 2.87. The fraction of sp³-hybridized carbons (Fsp3) is 0.583. The van der Waals surface area contributed by atoms with Crippen molar-refractivity contribution in [3.8, 4) is 0 Å². The van der Waals surface area contributed by atoms with Crippen LogP contribution in [0.15, 0.2) is 18.5 Å². The number of nitrogens with zero attached hydrogens (tertiary/aromatic N) is 1. The van der Waals surface area contributed by atoms with Crippen molar-refractivity contribution < 1.29 is 9.50 Å². The van der Waals surface area contributed by atoms with Crippen molar-refractivity contribution >= 4 is 0 Å². The standard InChI is InChI=1S/C12H18FNO/c1-3-9(4-2)7-12(15)10-5-6-14-8-11(10)13/h5-6,8-9,12,15H,3-4,7H2,1-2H3. The van der Waals surface area contributed by atoms with Crippen molar-refractivity contribution in [2.45, 2.75) is 39.2 Å². The van der Waals surface area contributed by atoms with Gasteiger partial charge in [-0.3, -0.25) is 4.98 Å². The van der Waals surface area contributed by atoms with Crippen molar-refractivity contribution in [2.24, 2.45) is 5.92 Å². The summed E-state index contributed by atoms with van der Waals surface area (Å²) in [5, 5.41) is 9.87. The van der Waals surface area contributed by atoms with Crippen molar-refractivity contribution in [2.75, 3.05) is 0 Å². The molecule has 2 nitrogen and oxygen atoms in total. The molecule has 1 heterocycles. The van der Waals surface area contributed by atoms with E-state index in [-0.39, 0.29) is 0 Å². The van der Waals surface area contributed by atoms with Gasteiger partial charge in [-0.2, -0.15) is 0 Å². The summed E-state index contributed by atoms with van der Waals surface area (Å²) < 4.78 is 13.3. The Morgan fingerprint density at radius 3 is 2.60 bits per heavy atom. The maximum atomic E-state index is 13.3. The molecule has 3 heteroatoms. The zero-order valence-electron chi connectivity index (χ0n) is 9.28. The van der Waals surface area contributed by atoms with E-state index in [1.807, 2.05) is 0 Å². The molecular weight excluding hydrogens is 193 g/mol. The fourth-order valence-electron chi connectivity index (χ4n) is 1.72. The maximum absolute atomic E-state index is 13.3. The highest BCUT2D eigenvalue weighted by Crippen LogP contribution is 2.26. The Balaban J connectivity index is 2.68. The molecule has 15 heavy (non-hydrogen) atoms. The highest BCUT2D eigenvalue weighted by Gasteiger charge is 2.16. The lowest BCUT2D eigenvalue weighted by Crippen LogP contribution is -2.07. The normalized spacial score (nSPS) is 13.1. The molecule has 0 aliphatic carbocycles. The van der Waals surface area contributed by atoms with Crippen LogP contribution in [-0.4, -0.2) is 10.1 Å². The van der Waals surface area contributed by atoms with Crippen LogP contribution in [0.2, 0.25) is 0 Å². The number of halogens is 1. The van der Waals surface area contributed by atoms with Gasteiger partial charge in [-0.1, -0.05) is 26.7 Å². The van der Waals surface area contributed by atoms with Crippen LogP contribution in [0, 0.1) is 11.7 Å². The molecule has 0 amide bonds. The lowest BCUT2D eigenvalue weighted by molar-refractivity contribution is 0.137. The number of pyridine rings is 1. The van der Waals surface area contributed by atoms with E-state index in [4.69, 9.17) is 0 Å². The molecular formula is C12H18FNO.